The average Bonchev–Trinajstić information content (AvgIpc) is 3.51. The second-order valence-electron chi connectivity index (χ2n) is 8.60. The molecular weight excluding hydrogens is 451 g/mol. The lowest BCUT2D eigenvalue weighted by Crippen LogP contribution is -2.25. The van der Waals surface area contributed by atoms with Crippen LogP contribution < -0.4 is 10.1 Å². The number of oxazole rings is 1. The van der Waals surface area contributed by atoms with E-state index in [1.54, 1.807) is 61.7 Å². The van der Waals surface area contributed by atoms with Gasteiger partial charge in [0.2, 0.25) is 0 Å². The molecule has 0 saturated heterocycles. The van der Waals surface area contributed by atoms with E-state index in [0.29, 0.717) is 40.8 Å². The highest BCUT2D eigenvalue weighted by Crippen LogP contribution is 2.35. The molecule has 2 N–H and O–H groups in total. The molecule has 178 valence electrons. The van der Waals surface area contributed by atoms with Crippen molar-refractivity contribution in [2.75, 3.05) is 12.4 Å². The van der Waals surface area contributed by atoms with Crippen molar-refractivity contribution in [2.45, 2.75) is 19.3 Å². The molecule has 3 aromatic carbocycles. The van der Waals surface area contributed by atoms with Gasteiger partial charge in [0.1, 0.15) is 17.1 Å². The zero-order valence-electron chi connectivity index (χ0n) is 19.0. The highest BCUT2D eigenvalue weighted by Gasteiger charge is 2.37. The summed E-state index contributed by atoms with van der Waals surface area (Å²) in [7, 11) is 1.56. The smallest absolute Gasteiger partial charge is 0.307 e. The number of carboxylic acid groups (broad SMARTS) is 1. The maximum Gasteiger partial charge on any atom is 0.307 e. The molecule has 1 heterocycles. The number of rotatable bonds is 7. The molecule has 35 heavy (non-hydrogen) atoms. The maximum atomic E-state index is 14.9. The van der Waals surface area contributed by atoms with Gasteiger partial charge in [-0.3, -0.25) is 9.59 Å². The number of halogens is 1. The number of ether oxygens (including phenoxy) is 1. The minimum atomic E-state index is -0.917. The quantitative estimate of drug-likeness (QED) is 0.314. The number of nitrogens with zero attached hydrogens (tertiary/aromatic N) is 1. The van der Waals surface area contributed by atoms with Crippen LogP contribution in [0.3, 0.4) is 0 Å². The standard InChI is InChI=1S/C27H23FN2O5/c1-34-18-10-12-23-24(14-18)35-27(30-23)29-22-11-9-17(13-21(22)28)15-5-7-16(8-6-15)25(31)19-3-2-4-20(19)26(32)33/h5-14,19-20H,2-4H2,1H3,(H,29,30)(H,32,33). The third kappa shape index (κ3) is 4.47. The monoisotopic (exact) mass is 474 g/mol. The molecule has 0 aliphatic heterocycles. The van der Waals surface area contributed by atoms with Crippen molar-refractivity contribution in [3.63, 3.8) is 0 Å². The molecule has 0 bridgehead atoms. The molecule has 1 aliphatic rings. The molecule has 1 aromatic heterocycles. The van der Waals surface area contributed by atoms with Gasteiger partial charge in [-0.1, -0.05) is 36.8 Å². The van der Waals surface area contributed by atoms with Crippen LogP contribution in [-0.2, 0) is 4.79 Å². The lowest BCUT2D eigenvalue weighted by atomic mass is 9.88. The fraction of sp³-hybridized carbons (Fsp3) is 0.222. The number of aromatic nitrogens is 1. The van der Waals surface area contributed by atoms with Crippen LogP contribution in [0.25, 0.3) is 22.2 Å². The Balaban J connectivity index is 1.32. The van der Waals surface area contributed by atoms with E-state index in [1.165, 1.54) is 6.07 Å². The molecule has 1 aliphatic carbocycles. The van der Waals surface area contributed by atoms with Crippen LogP contribution in [0.1, 0.15) is 29.6 Å². The Morgan fingerprint density at radius 2 is 1.77 bits per heavy atom. The summed E-state index contributed by atoms with van der Waals surface area (Å²) in [5.41, 5.74) is 3.19. The number of fused-ring (bicyclic) bond motifs is 1. The van der Waals surface area contributed by atoms with E-state index in [2.05, 4.69) is 10.3 Å². The summed E-state index contributed by atoms with van der Waals surface area (Å²) in [6.45, 7) is 0. The Labute approximate surface area is 200 Å². The summed E-state index contributed by atoms with van der Waals surface area (Å²) in [5.74, 6) is -2.04. The highest BCUT2D eigenvalue weighted by atomic mass is 19.1. The van der Waals surface area contributed by atoms with Crippen LogP contribution in [0.4, 0.5) is 16.1 Å². The van der Waals surface area contributed by atoms with Gasteiger partial charge in [0.15, 0.2) is 11.4 Å². The maximum absolute atomic E-state index is 14.9. The number of Topliss-reactive ketones (excluding diaryl/α,β-unsaturated/α-hetero) is 1. The van der Waals surface area contributed by atoms with Gasteiger partial charge in [-0.15, -0.1) is 0 Å². The Hall–Kier alpha value is -4.20. The van der Waals surface area contributed by atoms with E-state index < -0.39 is 23.6 Å². The van der Waals surface area contributed by atoms with E-state index in [0.717, 1.165) is 12.0 Å². The normalized spacial score (nSPS) is 17.4. The summed E-state index contributed by atoms with van der Waals surface area (Å²) in [5, 5.41) is 12.2. The zero-order valence-corrected chi connectivity index (χ0v) is 19.0. The van der Waals surface area contributed by atoms with E-state index in [4.69, 9.17) is 9.15 Å². The van der Waals surface area contributed by atoms with Crippen molar-refractivity contribution >= 4 is 34.6 Å². The van der Waals surface area contributed by atoms with Crippen molar-refractivity contribution in [3.05, 3.63) is 72.0 Å². The number of carbonyl (C=O) groups is 2. The van der Waals surface area contributed by atoms with Crippen LogP contribution in [-0.4, -0.2) is 29.0 Å². The zero-order chi connectivity index (χ0) is 24.5. The van der Waals surface area contributed by atoms with Crippen molar-refractivity contribution in [1.82, 2.24) is 4.98 Å². The van der Waals surface area contributed by atoms with Gasteiger partial charge in [0, 0.05) is 17.5 Å². The Bertz CT molecular complexity index is 1410. The van der Waals surface area contributed by atoms with Crippen LogP contribution in [0.2, 0.25) is 0 Å². The predicted octanol–water partition coefficient (Wildman–Crippen LogP) is 6.07. The fourth-order valence-electron chi connectivity index (χ4n) is 4.61. The summed E-state index contributed by atoms with van der Waals surface area (Å²) < 4.78 is 25.7. The molecule has 2 atom stereocenters. The SMILES string of the molecule is COc1ccc2nc(Nc3ccc(-c4ccc(C(=O)C5CCCC5C(=O)O)cc4)cc3F)oc2c1. The number of carboxylic acids is 1. The van der Waals surface area contributed by atoms with Gasteiger partial charge in [0.05, 0.1) is 18.7 Å². The number of ketones is 1. The molecule has 1 fully saturated rings. The Kier molecular flexibility index (Phi) is 5.94. The minimum Gasteiger partial charge on any atom is -0.497 e. The van der Waals surface area contributed by atoms with Crippen LogP contribution in [0.15, 0.2) is 65.1 Å². The van der Waals surface area contributed by atoms with Crippen LogP contribution >= 0.6 is 0 Å². The number of hydrogen-bond donors (Lipinski definition) is 2. The number of carbonyl (C=O) groups excluding carboxylic acids is 1. The lowest BCUT2D eigenvalue weighted by Gasteiger charge is -2.14. The van der Waals surface area contributed by atoms with Gasteiger partial charge >= 0.3 is 5.97 Å². The largest absolute Gasteiger partial charge is 0.497 e. The molecule has 0 spiro atoms. The Morgan fingerprint density at radius 1 is 1.03 bits per heavy atom. The van der Waals surface area contributed by atoms with E-state index in [9.17, 15) is 19.1 Å². The summed E-state index contributed by atoms with van der Waals surface area (Å²) in [6.07, 6.45) is 1.86. The van der Waals surface area contributed by atoms with Crippen molar-refractivity contribution < 1.29 is 28.2 Å². The summed E-state index contributed by atoms with van der Waals surface area (Å²) in [6, 6.07) is 17.0. The van der Waals surface area contributed by atoms with Crippen molar-refractivity contribution in [1.29, 1.82) is 0 Å². The highest BCUT2D eigenvalue weighted by molar-refractivity contribution is 6.00. The second-order valence-corrected chi connectivity index (χ2v) is 8.60. The number of benzene rings is 3. The molecular formula is C27H23FN2O5. The van der Waals surface area contributed by atoms with Crippen molar-refractivity contribution in [2.24, 2.45) is 11.8 Å². The van der Waals surface area contributed by atoms with Gasteiger partial charge in [-0.05, 0) is 48.2 Å². The van der Waals surface area contributed by atoms with E-state index >= 15 is 0 Å². The van der Waals surface area contributed by atoms with E-state index in [-0.39, 0.29) is 17.5 Å². The Morgan fingerprint density at radius 3 is 2.49 bits per heavy atom. The number of aliphatic carboxylic acids is 1. The van der Waals surface area contributed by atoms with Crippen LogP contribution in [0.5, 0.6) is 5.75 Å². The molecule has 0 amide bonds. The molecule has 5 rings (SSSR count). The summed E-state index contributed by atoms with van der Waals surface area (Å²) >= 11 is 0. The first-order valence-corrected chi connectivity index (χ1v) is 11.3. The summed E-state index contributed by atoms with van der Waals surface area (Å²) in [4.78, 5) is 28.6. The van der Waals surface area contributed by atoms with Gasteiger partial charge < -0.3 is 19.6 Å². The minimum absolute atomic E-state index is 0.150. The molecule has 7 nitrogen and oxygen atoms in total. The third-order valence-corrected chi connectivity index (χ3v) is 6.48. The molecule has 1 saturated carbocycles. The first kappa shape index (κ1) is 22.6. The lowest BCUT2D eigenvalue weighted by molar-refractivity contribution is -0.142. The number of methoxy groups -OCH3 is 1. The topological polar surface area (TPSA) is 102 Å². The number of anilines is 2. The van der Waals surface area contributed by atoms with Gasteiger partial charge in [-0.2, -0.15) is 4.98 Å². The van der Waals surface area contributed by atoms with Crippen molar-refractivity contribution in [3.8, 4) is 16.9 Å². The first-order chi connectivity index (χ1) is 16.9. The molecule has 2 unspecified atom stereocenters. The second kappa shape index (κ2) is 9.21. The van der Waals surface area contributed by atoms with Gasteiger partial charge in [-0.25, -0.2) is 4.39 Å². The van der Waals surface area contributed by atoms with Gasteiger partial charge in [0.25, 0.3) is 6.01 Å². The number of nitrogens with one attached hydrogen (secondary N) is 1. The third-order valence-electron chi connectivity index (χ3n) is 6.48. The van der Waals surface area contributed by atoms with Crippen LogP contribution in [0, 0.1) is 17.7 Å². The molecule has 4 aromatic rings. The number of hydrogen-bond acceptors (Lipinski definition) is 6. The fourth-order valence-corrected chi connectivity index (χ4v) is 4.61. The molecule has 0 radical (unpaired) electrons. The van der Waals surface area contributed by atoms with E-state index in [1.807, 2.05) is 0 Å². The average molecular weight is 474 g/mol. The predicted molar refractivity (Wildman–Crippen MR) is 128 cm³/mol. The molecule has 8 heteroatoms. The first-order valence-electron chi connectivity index (χ1n) is 11.3.